The maximum absolute atomic E-state index is 13.2. The summed E-state index contributed by atoms with van der Waals surface area (Å²) in [4.78, 5) is 25.1. The highest BCUT2D eigenvalue weighted by atomic mass is 19.1. The van der Waals surface area contributed by atoms with Crippen LogP contribution in [-0.4, -0.2) is 25.0 Å². The fourth-order valence-electron chi connectivity index (χ4n) is 2.87. The second-order valence-electron chi connectivity index (χ2n) is 5.72. The topological polar surface area (TPSA) is 75.4 Å². The molecule has 0 saturated carbocycles. The Kier molecular flexibility index (Phi) is 4.46. The standard InChI is InChI=1S/C18H18FN3O2/c19-15-4-5-16-13(11-15)7-9-22(16)18(24)21-8-6-12-2-1-3-14(10-12)17(20)23/h1-5,10-11H,6-9H2,(H2,20,23)(H,21,24). The number of nitrogens with zero attached hydrogens (tertiary/aromatic N) is 1. The highest BCUT2D eigenvalue weighted by Gasteiger charge is 2.24. The molecule has 3 N–H and O–H groups in total. The molecule has 0 bridgehead atoms. The minimum atomic E-state index is -0.471. The van der Waals surface area contributed by atoms with Crippen LogP contribution in [0.3, 0.4) is 0 Å². The average molecular weight is 327 g/mol. The Hall–Kier alpha value is -2.89. The molecule has 124 valence electrons. The van der Waals surface area contributed by atoms with Crippen LogP contribution in [-0.2, 0) is 12.8 Å². The molecule has 0 saturated heterocycles. The summed E-state index contributed by atoms with van der Waals surface area (Å²) < 4.78 is 13.2. The SMILES string of the molecule is NC(=O)c1cccc(CCNC(=O)N2CCc3cc(F)ccc32)c1. The number of fused-ring (bicyclic) bond motifs is 1. The third-order valence-corrected chi connectivity index (χ3v) is 4.08. The summed E-state index contributed by atoms with van der Waals surface area (Å²) in [5.41, 5.74) is 8.24. The zero-order valence-corrected chi connectivity index (χ0v) is 13.1. The molecule has 2 aromatic carbocycles. The number of benzene rings is 2. The van der Waals surface area contributed by atoms with Gasteiger partial charge in [0, 0.05) is 24.3 Å². The Labute approximate surface area is 139 Å². The third kappa shape index (κ3) is 3.37. The predicted octanol–water partition coefficient (Wildman–Crippen LogP) is 2.24. The van der Waals surface area contributed by atoms with E-state index in [1.165, 1.54) is 12.1 Å². The van der Waals surface area contributed by atoms with Gasteiger partial charge in [0.05, 0.1) is 0 Å². The van der Waals surface area contributed by atoms with Gasteiger partial charge in [-0.3, -0.25) is 9.69 Å². The summed E-state index contributed by atoms with van der Waals surface area (Å²) in [6, 6.07) is 11.3. The van der Waals surface area contributed by atoms with E-state index in [4.69, 9.17) is 5.73 Å². The summed E-state index contributed by atoms with van der Waals surface area (Å²) in [7, 11) is 0. The summed E-state index contributed by atoms with van der Waals surface area (Å²) >= 11 is 0. The van der Waals surface area contributed by atoms with Gasteiger partial charge in [0.25, 0.3) is 0 Å². The van der Waals surface area contributed by atoms with Crippen molar-refractivity contribution in [3.63, 3.8) is 0 Å². The molecule has 3 amide bonds. The molecule has 24 heavy (non-hydrogen) atoms. The number of urea groups is 1. The molecule has 3 rings (SSSR count). The molecule has 0 unspecified atom stereocenters. The number of anilines is 1. The molecule has 1 aliphatic heterocycles. The molecule has 0 radical (unpaired) electrons. The van der Waals surface area contributed by atoms with Crippen LogP contribution >= 0.6 is 0 Å². The van der Waals surface area contributed by atoms with E-state index in [-0.39, 0.29) is 11.8 Å². The molecular weight excluding hydrogens is 309 g/mol. The van der Waals surface area contributed by atoms with Crippen molar-refractivity contribution in [3.8, 4) is 0 Å². The lowest BCUT2D eigenvalue weighted by atomic mass is 10.1. The largest absolute Gasteiger partial charge is 0.366 e. The normalized spacial score (nSPS) is 12.8. The molecule has 1 aliphatic rings. The van der Waals surface area contributed by atoms with Crippen molar-refractivity contribution in [1.29, 1.82) is 0 Å². The van der Waals surface area contributed by atoms with Gasteiger partial charge in [-0.2, -0.15) is 0 Å². The van der Waals surface area contributed by atoms with E-state index in [2.05, 4.69) is 5.32 Å². The third-order valence-electron chi connectivity index (χ3n) is 4.08. The Morgan fingerprint density at radius 3 is 2.83 bits per heavy atom. The number of rotatable bonds is 4. The first kappa shape index (κ1) is 16.0. The van der Waals surface area contributed by atoms with Gasteiger partial charge < -0.3 is 11.1 Å². The van der Waals surface area contributed by atoms with Crippen LogP contribution in [0.15, 0.2) is 42.5 Å². The van der Waals surface area contributed by atoms with E-state index in [9.17, 15) is 14.0 Å². The van der Waals surface area contributed by atoms with Gasteiger partial charge in [0.1, 0.15) is 5.82 Å². The van der Waals surface area contributed by atoms with Crippen molar-refractivity contribution >= 4 is 17.6 Å². The minimum Gasteiger partial charge on any atom is -0.366 e. The summed E-state index contributed by atoms with van der Waals surface area (Å²) in [6.45, 7) is 0.982. The maximum atomic E-state index is 13.2. The lowest BCUT2D eigenvalue weighted by Gasteiger charge is -2.18. The quantitative estimate of drug-likeness (QED) is 0.903. The molecule has 2 aromatic rings. The fourth-order valence-corrected chi connectivity index (χ4v) is 2.87. The molecule has 0 fully saturated rings. The van der Waals surface area contributed by atoms with Gasteiger partial charge in [0.2, 0.25) is 5.91 Å². The van der Waals surface area contributed by atoms with Crippen LogP contribution in [0.4, 0.5) is 14.9 Å². The zero-order chi connectivity index (χ0) is 17.1. The number of nitrogens with two attached hydrogens (primary N) is 1. The average Bonchev–Trinajstić information content (AvgIpc) is 2.98. The number of primary amides is 1. The van der Waals surface area contributed by atoms with Gasteiger partial charge in [-0.15, -0.1) is 0 Å². The van der Waals surface area contributed by atoms with Gasteiger partial charge in [0.15, 0.2) is 0 Å². The summed E-state index contributed by atoms with van der Waals surface area (Å²) in [5, 5.41) is 2.85. The first-order valence-electron chi connectivity index (χ1n) is 7.77. The number of carbonyl (C=O) groups is 2. The van der Waals surface area contributed by atoms with Gasteiger partial charge >= 0.3 is 6.03 Å². The first-order chi connectivity index (χ1) is 11.5. The molecule has 1 heterocycles. The van der Waals surface area contributed by atoms with Crippen molar-refractivity contribution in [1.82, 2.24) is 5.32 Å². The molecule has 5 nitrogen and oxygen atoms in total. The predicted molar refractivity (Wildman–Crippen MR) is 89.5 cm³/mol. The van der Waals surface area contributed by atoms with E-state index in [0.29, 0.717) is 31.5 Å². The second kappa shape index (κ2) is 6.70. The van der Waals surface area contributed by atoms with Gasteiger partial charge in [-0.25, -0.2) is 9.18 Å². The number of amides is 3. The molecule has 0 aliphatic carbocycles. The highest BCUT2D eigenvalue weighted by Crippen LogP contribution is 2.28. The molecule has 0 aromatic heterocycles. The van der Waals surface area contributed by atoms with Crippen LogP contribution in [0.1, 0.15) is 21.5 Å². The number of carbonyl (C=O) groups excluding carboxylic acids is 2. The maximum Gasteiger partial charge on any atom is 0.321 e. The Bertz CT molecular complexity index is 792. The van der Waals surface area contributed by atoms with E-state index in [1.807, 2.05) is 6.07 Å². The Balaban J connectivity index is 1.57. The minimum absolute atomic E-state index is 0.202. The first-order valence-corrected chi connectivity index (χ1v) is 7.77. The summed E-state index contributed by atoms with van der Waals surface area (Å²) in [5.74, 6) is -0.757. The Morgan fingerprint density at radius 1 is 1.21 bits per heavy atom. The smallest absolute Gasteiger partial charge is 0.321 e. The van der Waals surface area contributed by atoms with E-state index in [1.54, 1.807) is 29.2 Å². The monoisotopic (exact) mass is 327 g/mol. The second-order valence-corrected chi connectivity index (χ2v) is 5.72. The van der Waals surface area contributed by atoms with Crippen molar-refractivity contribution in [2.24, 2.45) is 5.73 Å². The fraction of sp³-hybridized carbons (Fsp3) is 0.222. The zero-order valence-electron chi connectivity index (χ0n) is 13.1. The molecular formula is C18H18FN3O2. The van der Waals surface area contributed by atoms with Crippen LogP contribution in [0.2, 0.25) is 0 Å². The number of halogens is 1. The number of hydrogen-bond donors (Lipinski definition) is 2. The van der Waals surface area contributed by atoms with Crippen LogP contribution in [0.25, 0.3) is 0 Å². The van der Waals surface area contributed by atoms with Crippen LogP contribution < -0.4 is 16.0 Å². The van der Waals surface area contributed by atoms with Crippen molar-refractivity contribution < 1.29 is 14.0 Å². The van der Waals surface area contributed by atoms with Crippen LogP contribution in [0, 0.1) is 5.82 Å². The van der Waals surface area contributed by atoms with E-state index >= 15 is 0 Å². The van der Waals surface area contributed by atoms with E-state index in [0.717, 1.165) is 16.8 Å². The molecule has 6 heteroatoms. The lowest BCUT2D eigenvalue weighted by molar-refractivity contribution is 0.1000. The van der Waals surface area contributed by atoms with Gasteiger partial charge in [-0.1, -0.05) is 12.1 Å². The van der Waals surface area contributed by atoms with E-state index < -0.39 is 5.91 Å². The molecule has 0 spiro atoms. The lowest BCUT2D eigenvalue weighted by Crippen LogP contribution is -2.39. The van der Waals surface area contributed by atoms with Crippen molar-refractivity contribution in [2.45, 2.75) is 12.8 Å². The van der Waals surface area contributed by atoms with Gasteiger partial charge in [-0.05, 0) is 54.3 Å². The number of nitrogens with one attached hydrogen (secondary N) is 1. The van der Waals surface area contributed by atoms with Crippen molar-refractivity contribution in [3.05, 3.63) is 65.0 Å². The Morgan fingerprint density at radius 2 is 2.04 bits per heavy atom. The molecule has 0 atom stereocenters. The summed E-state index contributed by atoms with van der Waals surface area (Å²) in [6.07, 6.45) is 1.25. The van der Waals surface area contributed by atoms with Crippen LogP contribution in [0.5, 0.6) is 0 Å². The van der Waals surface area contributed by atoms with Crippen molar-refractivity contribution in [2.75, 3.05) is 18.0 Å². The highest BCUT2D eigenvalue weighted by molar-refractivity contribution is 5.94. The number of hydrogen-bond acceptors (Lipinski definition) is 2.